The number of nitrogen functional groups attached to an aromatic ring is 1. The largest absolute Gasteiger partial charge is 0.382 e. The summed E-state index contributed by atoms with van der Waals surface area (Å²) >= 11 is 0. The molecule has 1 saturated heterocycles. The fraction of sp³-hybridized carbons (Fsp3) is 0.667. The Bertz CT molecular complexity index is 679. The van der Waals surface area contributed by atoms with Crippen molar-refractivity contribution in [1.82, 2.24) is 19.5 Å². The summed E-state index contributed by atoms with van der Waals surface area (Å²) < 4.78 is 24.7. The number of nitrogens with zero attached hydrogens (tertiary/aromatic N) is 4. The van der Waals surface area contributed by atoms with Crippen molar-refractivity contribution in [3.8, 4) is 0 Å². The molecule has 4 atom stereocenters. The number of nitrogens with two attached hydrogens (primary N) is 1. The van der Waals surface area contributed by atoms with Crippen LogP contribution in [0.2, 0.25) is 0 Å². The first-order chi connectivity index (χ1) is 11.7. The molecule has 0 aliphatic carbocycles. The van der Waals surface area contributed by atoms with Crippen molar-refractivity contribution in [1.29, 1.82) is 0 Å². The van der Waals surface area contributed by atoms with Gasteiger partial charge in [0.05, 0.1) is 25.6 Å². The fourth-order valence-corrected chi connectivity index (χ4v) is 3.05. The van der Waals surface area contributed by atoms with Crippen molar-refractivity contribution in [2.45, 2.75) is 37.9 Å². The lowest BCUT2D eigenvalue weighted by molar-refractivity contribution is -0.0812. The molecular formula is C15H23N5O4. The van der Waals surface area contributed by atoms with Gasteiger partial charge in [0.15, 0.2) is 17.7 Å². The van der Waals surface area contributed by atoms with E-state index in [0.717, 1.165) is 6.42 Å². The second-order valence-electron chi connectivity index (χ2n) is 5.58. The number of aromatic nitrogens is 4. The molecule has 0 amide bonds. The zero-order chi connectivity index (χ0) is 17.1. The van der Waals surface area contributed by atoms with E-state index in [-0.39, 0.29) is 18.3 Å². The minimum atomic E-state index is -0.406. The minimum absolute atomic E-state index is 0.0795. The zero-order valence-corrected chi connectivity index (χ0v) is 14.1. The molecule has 3 rings (SSSR count). The minimum Gasteiger partial charge on any atom is -0.382 e. The van der Waals surface area contributed by atoms with E-state index in [1.807, 2.05) is 4.57 Å². The Balaban J connectivity index is 1.94. The fourth-order valence-electron chi connectivity index (χ4n) is 3.05. The van der Waals surface area contributed by atoms with E-state index < -0.39 is 6.23 Å². The van der Waals surface area contributed by atoms with Gasteiger partial charge in [-0.2, -0.15) is 0 Å². The highest BCUT2D eigenvalue weighted by atomic mass is 16.6. The third-order valence-corrected chi connectivity index (χ3v) is 4.22. The van der Waals surface area contributed by atoms with Crippen LogP contribution in [0, 0.1) is 0 Å². The summed E-state index contributed by atoms with van der Waals surface area (Å²) in [6.45, 7) is 2.99. The summed E-state index contributed by atoms with van der Waals surface area (Å²) in [6, 6.07) is 0. The molecule has 9 nitrogen and oxygen atoms in total. The number of anilines is 1. The standard InChI is InChI=1S/C15H23N5O4/c1-4-9-11(22-3)12(23-6-5-21-2)15(24-9)20-8-19-10-13(16)17-7-18-14(10)20/h7-9,11-12,15H,4-6H2,1-3H3,(H2,16,17,18)/t9-,11?,12?,15-/m1/s1. The molecule has 0 aromatic carbocycles. The van der Waals surface area contributed by atoms with E-state index in [2.05, 4.69) is 21.9 Å². The van der Waals surface area contributed by atoms with E-state index in [4.69, 9.17) is 24.7 Å². The maximum Gasteiger partial charge on any atom is 0.167 e. The second-order valence-corrected chi connectivity index (χ2v) is 5.58. The Labute approximate surface area is 140 Å². The topological polar surface area (TPSA) is 107 Å². The van der Waals surface area contributed by atoms with Crippen LogP contribution in [0.4, 0.5) is 5.82 Å². The van der Waals surface area contributed by atoms with Crippen molar-refractivity contribution in [3.05, 3.63) is 12.7 Å². The van der Waals surface area contributed by atoms with Crippen LogP contribution < -0.4 is 5.73 Å². The molecule has 0 spiro atoms. The highest BCUT2D eigenvalue weighted by Gasteiger charge is 2.46. The van der Waals surface area contributed by atoms with Gasteiger partial charge in [-0.15, -0.1) is 0 Å². The van der Waals surface area contributed by atoms with E-state index in [1.165, 1.54) is 6.33 Å². The van der Waals surface area contributed by atoms with Crippen LogP contribution >= 0.6 is 0 Å². The predicted octanol–water partition coefficient (Wildman–Crippen LogP) is 0.763. The molecule has 2 aromatic rings. The normalized spacial score (nSPS) is 27.1. The zero-order valence-electron chi connectivity index (χ0n) is 14.1. The maximum absolute atomic E-state index is 6.18. The molecule has 1 fully saturated rings. The summed E-state index contributed by atoms with van der Waals surface area (Å²) in [6.07, 6.45) is 2.90. The average molecular weight is 337 g/mol. The van der Waals surface area contributed by atoms with Crippen LogP contribution in [0.25, 0.3) is 11.2 Å². The number of hydrogen-bond acceptors (Lipinski definition) is 8. The van der Waals surface area contributed by atoms with Crippen molar-refractivity contribution in [2.24, 2.45) is 0 Å². The average Bonchev–Trinajstić information content (AvgIpc) is 3.16. The first kappa shape index (κ1) is 17.0. The molecule has 2 aromatic heterocycles. The van der Waals surface area contributed by atoms with Crippen molar-refractivity contribution < 1.29 is 18.9 Å². The van der Waals surface area contributed by atoms with Gasteiger partial charge in [-0.1, -0.05) is 6.92 Å². The van der Waals surface area contributed by atoms with Gasteiger partial charge in [-0.25, -0.2) is 15.0 Å². The second kappa shape index (κ2) is 7.39. The highest BCUT2D eigenvalue weighted by molar-refractivity contribution is 5.81. The molecule has 1 aliphatic rings. The Hall–Kier alpha value is -1.81. The lowest BCUT2D eigenvalue weighted by Gasteiger charge is -2.23. The molecule has 132 valence electrons. The Morgan fingerprint density at radius 2 is 2.04 bits per heavy atom. The number of ether oxygens (including phenoxy) is 4. The third kappa shape index (κ3) is 2.95. The third-order valence-electron chi connectivity index (χ3n) is 4.22. The number of methoxy groups -OCH3 is 2. The number of hydrogen-bond donors (Lipinski definition) is 1. The lowest BCUT2D eigenvalue weighted by atomic mass is 10.1. The summed E-state index contributed by atoms with van der Waals surface area (Å²) in [7, 11) is 3.30. The van der Waals surface area contributed by atoms with E-state index in [1.54, 1.807) is 20.5 Å². The number of rotatable bonds is 7. The molecule has 2 N–H and O–H groups in total. The molecular weight excluding hydrogens is 314 g/mol. The van der Waals surface area contributed by atoms with Crippen LogP contribution in [0.3, 0.4) is 0 Å². The van der Waals surface area contributed by atoms with Crippen LogP contribution in [0.1, 0.15) is 19.6 Å². The lowest BCUT2D eigenvalue weighted by Crippen LogP contribution is -2.36. The molecule has 24 heavy (non-hydrogen) atoms. The van der Waals surface area contributed by atoms with Crippen molar-refractivity contribution >= 4 is 17.0 Å². The summed E-state index contributed by atoms with van der Waals surface area (Å²) in [5.74, 6) is 0.337. The molecule has 3 heterocycles. The quantitative estimate of drug-likeness (QED) is 0.738. The predicted molar refractivity (Wildman–Crippen MR) is 86.3 cm³/mol. The van der Waals surface area contributed by atoms with E-state index >= 15 is 0 Å². The summed E-state index contributed by atoms with van der Waals surface area (Å²) in [5, 5.41) is 0. The van der Waals surface area contributed by atoms with Gasteiger partial charge in [0.2, 0.25) is 0 Å². The van der Waals surface area contributed by atoms with Gasteiger partial charge >= 0.3 is 0 Å². The Morgan fingerprint density at radius 1 is 1.21 bits per heavy atom. The van der Waals surface area contributed by atoms with Gasteiger partial charge in [0.25, 0.3) is 0 Å². The molecule has 0 bridgehead atoms. The SMILES string of the molecule is CC[C@H]1O[C@@H](n2cnc3c(N)ncnc32)C(OCCOC)C1OC. The number of imidazole rings is 1. The first-order valence-corrected chi connectivity index (χ1v) is 7.93. The van der Waals surface area contributed by atoms with Gasteiger partial charge in [-0.3, -0.25) is 4.57 Å². The van der Waals surface area contributed by atoms with Gasteiger partial charge in [-0.05, 0) is 6.42 Å². The van der Waals surface area contributed by atoms with Gasteiger partial charge in [0.1, 0.15) is 24.1 Å². The van der Waals surface area contributed by atoms with Crippen molar-refractivity contribution in [3.63, 3.8) is 0 Å². The molecule has 0 radical (unpaired) electrons. The van der Waals surface area contributed by atoms with Gasteiger partial charge in [0, 0.05) is 14.2 Å². The van der Waals surface area contributed by atoms with Gasteiger partial charge < -0.3 is 24.7 Å². The van der Waals surface area contributed by atoms with Crippen LogP contribution in [0.15, 0.2) is 12.7 Å². The Kier molecular flexibility index (Phi) is 5.24. The smallest absolute Gasteiger partial charge is 0.167 e. The van der Waals surface area contributed by atoms with E-state index in [9.17, 15) is 0 Å². The summed E-state index contributed by atoms with van der Waals surface area (Å²) in [5.41, 5.74) is 7.03. The maximum atomic E-state index is 6.18. The highest BCUT2D eigenvalue weighted by Crippen LogP contribution is 2.36. The van der Waals surface area contributed by atoms with Crippen molar-refractivity contribution in [2.75, 3.05) is 33.2 Å². The molecule has 9 heteroatoms. The van der Waals surface area contributed by atoms with Crippen LogP contribution in [-0.4, -0.2) is 65.3 Å². The monoisotopic (exact) mass is 337 g/mol. The molecule has 1 aliphatic heterocycles. The van der Waals surface area contributed by atoms with E-state index in [0.29, 0.717) is 30.2 Å². The molecule has 2 unspecified atom stereocenters. The first-order valence-electron chi connectivity index (χ1n) is 7.93. The Morgan fingerprint density at radius 3 is 2.75 bits per heavy atom. The summed E-state index contributed by atoms with van der Waals surface area (Å²) in [4.78, 5) is 12.6. The molecule has 0 saturated carbocycles. The number of fused-ring (bicyclic) bond motifs is 1. The van der Waals surface area contributed by atoms with Crippen LogP contribution in [0.5, 0.6) is 0 Å². The van der Waals surface area contributed by atoms with Crippen LogP contribution in [-0.2, 0) is 18.9 Å².